The van der Waals surface area contributed by atoms with Crippen molar-refractivity contribution in [3.05, 3.63) is 0 Å². The lowest BCUT2D eigenvalue weighted by molar-refractivity contribution is -0.147. The fourth-order valence-electron chi connectivity index (χ4n) is 1.83. The third-order valence-electron chi connectivity index (χ3n) is 3.01. The number of ether oxygens (including phenoxy) is 3. The highest BCUT2D eigenvalue weighted by Crippen LogP contribution is 2.08. The molecule has 0 unspecified atom stereocenters. The van der Waals surface area contributed by atoms with Crippen LogP contribution in [0.25, 0.3) is 0 Å². The van der Waals surface area contributed by atoms with Crippen molar-refractivity contribution < 1.29 is 28.6 Å². The molecule has 0 aliphatic rings. The number of unbranched alkanes of at least 4 members (excludes halogenated alkanes) is 5. The number of carbonyl (C=O) groups excluding carboxylic acids is 3. The maximum Gasteiger partial charge on any atom is 0.305 e. The van der Waals surface area contributed by atoms with E-state index < -0.39 is 0 Å². The average molecular weight is 302 g/mol. The van der Waals surface area contributed by atoms with Gasteiger partial charge in [0.2, 0.25) is 0 Å². The molecule has 21 heavy (non-hydrogen) atoms. The van der Waals surface area contributed by atoms with Crippen molar-refractivity contribution in [2.24, 2.45) is 5.92 Å². The summed E-state index contributed by atoms with van der Waals surface area (Å²) in [5.41, 5.74) is 0. The molecule has 0 fully saturated rings. The van der Waals surface area contributed by atoms with Gasteiger partial charge in [0.25, 0.3) is 12.9 Å². The van der Waals surface area contributed by atoms with Crippen LogP contribution in [-0.2, 0) is 28.6 Å². The van der Waals surface area contributed by atoms with E-state index in [1.54, 1.807) is 0 Å². The summed E-state index contributed by atoms with van der Waals surface area (Å²) >= 11 is 0. The molecule has 0 radical (unpaired) electrons. The summed E-state index contributed by atoms with van der Waals surface area (Å²) in [6, 6.07) is 0. The third kappa shape index (κ3) is 13.2. The Kier molecular flexibility index (Phi) is 13.7. The molecule has 6 nitrogen and oxygen atoms in total. The molecule has 6 heteroatoms. The molecule has 0 amide bonds. The highest BCUT2D eigenvalue weighted by molar-refractivity contribution is 5.69. The van der Waals surface area contributed by atoms with E-state index in [4.69, 9.17) is 4.74 Å². The monoisotopic (exact) mass is 302 g/mol. The van der Waals surface area contributed by atoms with Crippen LogP contribution in [-0.4, -0.2) is 38.7 Å². The zero-order chi connectivity index (χ0) is 15.8. The molecule has 0 heterocycles. The van der Waals surface area contributed by atoms with Crippen molar-refractivity contribution in [3.63, 3.8) is 0 Å². The van der Waals surface area contributed by atoms with Crippen LogP contribution < -0.4 is 0 Å². The summed E-state index contributed by atoms with van der Waals surface area (Å²) in [5.74, 6) is -0.596. The van der Waals surface area contributed by atoms with E-state index in [2.05, 4.69) is 16.4 Å². The molecule has 0 aromatic rings. The van der Waals surface area contributed by atoms with Gasteiger partial charge in [0.15, 0.2) is 0 Å². The minimum atomic E-state index is -0.325. The van der Waals surface area contributed by atoms with Crippen molar-refractivity contribution in [1.82, 2.24) is 0 Å². The van der Waals surface area contributed by atoms with Gasteiger partial charge in [-0.2, -0.15) is 0 Å². The first-order valence-corrected chi connectivity index (χ1v) is 7.50. The van der Waals surface area contributed by atoms with Crippen molar-refractivity contribution in [1.29, 1.82) is 0 Å². The van der Waals surface area contributed by atoms with Gasteiger partial charge in [-0.15, -0.1) is 0 Å². The molecule has 0 aromatic carbocycles. The number of hydrogen-bond donors (Lipinski definition) is 0. The molecule has 0 N–H and O–H groups in total. The minimum absolute atomic E-state index is 0.0572. The topological polar surface area (TPSA) is 78.9 Å². The first kappa shape index (κ1) is 19.4. The van der Waals surface area contributed by atoms with Gasteiger partial charge in [-0.1, -0.05) is 39.0 Å². The molecule has 0 aromatic heterocycles. The van der Waals surface area contributed by atoms with E-state index in [1.165, 1.54) is 19.3 Å². The fraction of sp³-hybridized carbons (Fsp3) is 0.800. The summed E-state index contributed by atoms with van der Waals surface area (Å²) in [6.45, 7) is 2.98. The number of carbonyl (C=O) groups is 3. The van der Waals surface area contributed by atoms with E-state index in [9.17, 15) is 14.4 Å². The summed E-state index contributed by atoms with van der Waals surface area (Å²) in [5, 5.41) is 0. The SMILES string of the molecule is CCCCCCCCC(=O)OCC(COC=O)COC=O. The molecule has 0 bridgehead atoms. The molecular weight excluding hydrogens is 276 g/mol. The minimum Gasteiger partial charge on any atom is -0.467 e. The fourth-order valence-corrected chi connectivity index (χ4v) is 1.83. The summed E-state index contributed by atoms with van der Waals surface area (Å²) in [6.07, 6.45) is 7.03. The molecule has 0 rings (SSSR count). The Morgan fingerprint density at radius 2 is 1.48 bits per heavy atom. The van der Waals surface area contributed by atoms with Gasteiger partial charge in [0.05, 0.1) is 5.92 Å². The molecular formula is C15H26O6. The van der Waals surface area contributed by atoms with E-state index in [0.29, 0.717) is 19.4 Å². The van der Waals surface area contributed by atoms with E-state index in [-0.39, 0.29) is 31.7 Å². The van der Waals surface area contributed by atoms with Gasteiger partial charge in [0, 0.05) is 6.42 Å². The maximum atomic E-state index is 11.5. The normalized spacial score (nSPS) is 10.2. The van der Waals surface area contributed by atoms with E-state index in [1.807, 2.05) is 0 Å². The Bertz CT molecular complexity index is 267. The smallest absolute Gasteiger partial charge is 0.305 e. The van der Waals surface area contributed by atoms with Crippen LogP contribution in [0.2, 0.25) is 0 Å². The molecule has 122 valence electrons. The van der Waals surface area contributed by atoms with Gasteiger partial charge in [0.1, 0.15) is 19.8 Å². The second-order valence-electron chi connectivity index (χ2n) is 4.93. The van der Waals surface area contributed by atoms with Crippen LogP contribution in [0.3, 0.4) is 0 Å². The first-order chi connectivity index (χ1) is 10.2. The van der Waals surface area contributed by atoms with Crippen molar-refractivity contribution >= 4 is 18.9 Å². The maximum absolute atomic E-state index is 11.5. The molecule has 0 aliphatic carbocycles. The number of hydrogen-bond acceptors (Lipinski definition) is 6. The van der Waals surface area contributed by atoms with Gasteiger partial charge in [-0.25, -0.2) is 0 Å². The zero-order valence-corrected chi connectivity index (χ0v) is 12.8. The highest BCUT2D eigenvalue weighted by Gasteiger charge is 2.13. The lowest BCUT2D eigenvalue weighted by atomic mass is 10.1. The van der Waals surface area contributed by atoms with E-state index >= 15 is 0 Å². The standard InChI is InChI=1S/C15H26O6/c1-2-3-4-5-6-7-8-15(18)21-11-14(9-19-12-16)10-20-13-17/h12-14H,2-11H2,1H3. The van der Waals surface area contributed by atoms with Gasteiger partial charge in [-0.3, -0.25) is 14.4 Å². The first-order valence-electron chi connectivity index (χ1n) is 7.50. The summed E-state index contributed by atoms with van der Waals surface area (Å²) in [4.78, 5) is 31.8. The molecule has 0 aliphatic heterocycles. The molecule has 0 saturated carbocycles. The lowest BCUT2D eigenvalue weighted by Gasteiger charge is -2.14. The Morgan fingerprint density at radius 1 is 0.905 bits per heavy atom. The van der Waals surface area contributed by atoms with Gasteiger partial charge in [-0.05, 0) is 6.42 Å². The quantitative estimate of drug-likeness (QED) is 0.200. The van der Waals surface area contributed by atoms with Crippen LogP contribution in [0.15, 0.2) is 0 Å². The van der Waals surface area contributed by atoms with Crippen molar-refractivity contribution in [2.75, 3.05) is 19.8 Å². The number of esters is 1. The average Bonchev–Trinajstić information content (AvgIpc) is 2.50. The second-order valence-corrected chi connectivity index (χ2v) is 4.93. The Morgan fingerprint density at radius 3 is 2.05 bits per heavy atom. The van der Waals surface area contributed by atoms with Gasteiger partial charge >= 0.3 is 5.97 Å². The predicted molar refractivity (Wildman–Crippen MR) is 76.5 cm³/mol. The van der Waals surface area contributed by atoms with Crippen LogP contribution in [0.5, 0.6) is 0 Å². The number of rotatable bonds is 15. The van der Waals surface area contributed by atoms with Crippen molar-refractivity contribution in [3.8, 4) is 0 Å². The van der Waals surface area contributed by atoms with Crippen LogP contribution >= 0.6 is 0 Å². The molecule has 0 spiro atoms. The zero-order valence-electron chi connectivity index (χ0n) is 12.8. The Labute approximate surface area is 126 Å². The van der Waals surface area contributed by atoms with Crippen LogP contribution in [0.4, 0.5) is 0 Å². The summed E-state index contributed by atoms with van der Waals surface area (Å²) in [7, 11) is 0. The largest absolute Gasteiger partial charge is 0.467 e. The van der Waals surface area contributed by atoms with Crippen LogP contribution in [0.1, 0.15) is 51.9 Å². The van der Waals surface area contributed by atoms with Gasteiger partial charge < -0.3 is 14.2 Å². The molecule has 0 saturated heterocycles. The third-order valence-corrected chi connectivity index (χ3v) is 3.01. The second kappa shape index (κ2) is 14.8. The van der Waals surface area contributed by atoms with E-state index in [0.717, 1.165) is 19.3 Å². The van der Waals surface area contributed by atoms with Crippen molar-refractivity contribution in [2.45, 2.75) is 51.9 Å². The Hall–Kier alpha value is -1.59. The summed E-state index contributed by atoms with van der Waals surface area (Å²) < 4.78 is 14.3. The Balaban J connectivity index is 3.69. The van der Waals surface area contributed by atoms with Crippen LogP contribution in [0, 0.1) is 5.92 Å². The predicted octanol–water partition coefficient (Wildman–Crippen LogP) is 2.24. The highest BCUT2D eigenvalue weighted by atomic mass is 16.5. The lowest BCUT2D eigenvalue weighted by Crippen LogP contribution is -2.23. The molecule has 0 atom stereocenters.